The molecule has 0 radical (unpaired) electrons. The zero-order valence-electron chi connectivity index (χ0n) is 17.2. The van der Waals surface area contributed by atoms with Crippen molar-refractivity contribution in [1.29, 1.82) is 5.26 Å². The van der Waals surface area contributed by atoms with Gasteiger partial charge >= 0.3 is 0 Å². The molecular formula is C22H23N7OS. The topological polar surface area (TPSA) is 111 Å². The Labute approximate surface area is 184 Å². The Hall–Kier alpha value is -3.09. The van der Waals surface area contributed by atoms with Gasteiger partial charge in [0.05, 0.1) is 16.6 Å². The number of rotatable bonds is 4. The second-order valence-electron chi connectivity index (χ2n) is 8.24. The van der Waals surface area contributed by atoms with Gasteiger partial charge in [0.15, 0.2) is 16.6 Å². The number of anilines is 1. The highest BCUT2D eigenvalue weighted by molar-refractivity contribution is 7.15. The Morgan fingerprint density at radius 2 is 1.97 bits per heavy atom. The Morgan fingerprint density at radius 3 is 2.61 bits per heavy atom. The number of phenols is 1. The minimum absolute atomic E-state index is 0.0680. The lowest BCUT2D eigenvalue weighted by molar-refractivity contribution is 0.219. The molecule has 2 bridgehead atoms. The van der Waals surface area contributed by atoms with E-state index in [-0.39, 0.29) is 5.75 Å². The first-order valence-electron chi connectivity index (χ1n) is 10.5. The third-order valence-electron chi connectivity index (χ3n) is 6.27. The largest absolute Gasteiger partial charge is 0.507 e. The predicted molar refractivity (Wildman–Crippen MR) is 119 cm³/mol. The van der Waals surface area contributed by atoms with E-state index >= 15 is 0 Å². The van der Waals surface area contributed by atoms with E-state index in [1.807, 2.05) is 12.1 Å². The summed E-state index contributed by atoms with van der Waals surface area (Å²) >= 11 is 1.28. The van der Waals surface area contributed by atoms with Crippen LogP contribution in [0.4, 0.5) is 5.82 Å². The molecular weight excluding hydrogens is 410 g/mol. The molecule has 3 aromatic rings. The fraction of sp³-hybridized carbons (Fsp3) is 0.409. The van der Waals surface area contributed by atoms with Gasteiger partial charge in [-0.1, -0.05) is 12.5 Å². The van der Waals surface area contributed by atoms with E-state index in [0.717, 1.165) is 29.1 Å². The molecule has 3 atom stereocenters. The summed E-state index contributed by atoms with van der Waals surface area (Å²) in [5.74, 6) is 1.20. The van der Waals surface area contributed by atoms with Gasteiger partial charge in [-0.25, -0.2) is 9.97 Å². The lowest BCUT2D eigenvalue weighted by Crippen LogP contribution is -2.54. The van der Waals surface area contributed by atoms with Gasteiger partial charge in [0.25, 0.3) is 0 Å². The SMILES string of the molecule is CN(c1cnc(-c2ccc(-c3cnc(C#N)s3)cc2O)nn1)[C@@H]1C[C@H]2CCC[C@@H](C1)N2. The van der Waals surface area contributed by atoms with Gasteiger partial charge < -0.3 is 15.3 Å². The van der Waals surface area contributed by atoms with Gasteiger partial charge in [0.1, 0.15) is 11.8 Å². The number of hydrogen-bond donors (Lipinski definition) is 2. The Morgan fingerprint density at radius 1 is 1.16 bits per heavy atom. The molecule has 2 saturated heterocycles. The number of hydrogen-bond acceptors (Lipinski definition) is 9. The maximum Gasteiger partial charge on any atom is 0.194 e. The standard InChI is InChI=1S/C22H23N7OS/c1-29(16-8-14-3-2-4-15(9-16)26-14)20-12-25-22(28-27-20)17-6-5-13(7-18(17)30)19-11-24-21(10-23)31-19/h5-7,11-12,14-16,26,30H,2-4,8-9H2,1H3/t14-,15+,16-. The highest BCUT2D eigenvalue weighted by Gasteiger charge is 2.33. The fourth-order valence-electron chi connectivity index (χ4n) is 4.63. The summed E-state index contributed by atoms with van der Waals surface area (Å²) in [6.07, 6.45) is 9.41. The number of nitrogens with zero attached hydrogens (tertiary/aromatic N) is 6. The van der Waals surface area contributed by atoms with Gasteiger partial charge in [0, 0.05) is 31.4 Å². The summed E-state index contributed by atoms with van der Waals surface area (Å²) in [6.45, 7) is 0. The number of piperidine rings is 2. The Bertz CT molecular complexity index is 1110. The second kappa shape index (κ2) is 8.21. The highest BCUT2D eigenvalue weighted by Crippen LogP contribution is 2.34. The lowest BCUT2D eigenvalue weighted by Gasteiger charge is -2.43. The molecule has 1 aromatic carbocycles. The molecule has 31 heavy (non-hydrogen) atoms. The highest BCUT2D eigenvalue weighted by atomic mass is 32.1. The third kappa shape index (κ3) is 3.96. The van der Waals surface area contributed by atoms with Crippen LogP contribution in [0.25, 0.3) is 21.8 Å². The lowest BCUT2D eigenvalue weighted by atomic mass is 9.83. The molecule has 2 aliphatic rings. The summed E-state index contributed by atoms with van der Waals surface area (Å²) in [5, 5.41) is 32.3. The van der Waals surface area contributed by atoms with Crippen LogP contribution in [-0.2, 0) is 0 Å². The number of fused-ring (bicyclic) bond motifs is 2. The van der Waals surface area contributed by atoms with Crippen LogP contribution < -0.4 is 10.2 Å². The predicted octanol–water partition coefficient (Wildman–Crippen LogP) is 3.35. The molecule has 4 heterocycles. The Balaban J connectivity index is 1.33. The van der Waals surface area contributed by atoms with E-state index in [1.165, 1.54) is 30.6 Å². The van der Waals surface area contributed by atoms with Gasteiger partial charge in [0.2, 0.25) is 0 Å². The van der Waals surface area contributed by atoms with Crippen LogP contribution in [0.5, 0.6) is 5.75 Å². The maximum atomic E-state index is 10.5. The van der Waals surface area contributed by atoms with Crippen molar-refractivity contribution in [2.45, 2.75) is 50.2 Å². The van der Waals surface area contributed by atoms with E-state index < -0.39 is 0 Å². The summed E-state index contributed by atoms with van der Waals surface area (Å²) in [5.41, 5.74) is 1.31. The van der Waals surface area contributed by atoms with Crippen LogP contribution in [0.3, 0.4) is 0 Å². The number of nitriles is 1. The molecule has 2 aromatic heterocycles. The van der Waals surface area contributed by atoms with Gasteiger partial charge in [-0.3, -0.25) is 0 Å². The van der Waals surface area contributed by atoms with Crippen molar-refractivity contribution >= 4 is 17.2 Å². The number of thiazole rings is 1. The first-order chi connectivity index (χ1) is 15.1. The van der Waals surface area contributed by atoms with Crippen molar-refractivity contribution in [2.75, 3.05) is 11.9 Å². The molecule has 0 saturated carbocycles. The first kappa shape index (κ1) is 19.8. The van der Waals surface area contributed by atoms with Crippen molar-refractivity contribution in [1.82, 2.24) is 25.5 Å². The van der Waals surface area contributed by atoms with Crippen molar-refractivity contribution in [2.24, 2.45) is 0 Å². The van der Waals surface area contributed by atoms with Crippen molar-refractivity contribution < 1.29 is 5.11 Å². The zero-order chi connectivity index (χ0) is 21.4. The van der Waals surface area contributed by atoms with Gasteiger partial charge in [-0.15, -0.1) is 21.5 Å². The number of aromatic hydroxyl groups is 1. The van der Waals surface area contributed by atoms with Crippen LogP contribution in [0, 0.1) is 11.3 Å². The molecule has 0 aliphatic carbocycles. The monoisotopic (exact) mass is 433 g/mol. The van der Waals surface area contributed by atoms with E-state index in [1.54, 1.807) is 24.5 Å². The van der Waals surface area contributed by atoms with Crippen LogP contribution in [-0.4, -0.2) is 50.4 Å². The van der Waals surface area contributed by atoms with E-state index in [2.05, 4.69) is 37.4 Å². The molecule has 8 nitrogen and oxygen atoms in total. The molecule has 0 spiro atoms. The van der Waals surface area contributed by atoms with E-state index in [0.29, 0.717) is 34.5 Å². The summed E-state index contributed by atoms with van der Waals surface area (Å²) in [7, 11) is 2.06. The molecule has 5 rings (SSSR count). The number of benzene rings is 1. The summed E-state index contributed by atoms with van der Waals surface area (Å²) < 4.78 is 0. The average molecular weight is 434 g/mol. The first-order valence-corrected chi connectivity index (χ1v) is 11.3. The summed E-state index contributed by atoms with van der Waals surface area (Å²) in [6, 6.07) is 8.92. The van der Waals surface area contributed by atoms with Crippen molar-refractivity contribution in [3.8, 4) is 33.6 Å². The van der Waals surface area contributed by atoms with Crippen molar-refractivity contribution in [3.63, 3.8) is 0 Å². The molecule has 9 heteroatoms. The van der Waals surface area contributed by atoms with Crippen LogP contribution in [0.15, 0.2) is 30.6 Å². The summed E-state index contributed by atoms with van der Waals surface area (Å²) in [4.78, 5) is 11.5. The van der Waals surface area contributed by atoms with Crippen molar-refractivity contribution in [3.05, 3.63) is 35.6 Å². The zero-order valence-corrected chi connectivity index (χ0v) is 18.0. The van der Waals surface area contributed by atoms with Crippen LogP contribution in [0.2, 0.25) is 0 Å². The second-order valence-corrected chi connectivity index (χ2v) is 9.27. The molecule has 158 valence electrons. The average Bonchev–Trinajstić information content (AvgIpc) is 3.28. The minimum atomic E-state index is 0.0680. The van der Waals surface area contributed by atoms with Crippen LogP contribution >= 0.6 is 11.3 Å². The molecule has 0 unspecified atom stereocenters. The number of nitrogens with one attached hydrogen (secondary N) is 1. The maximum absolute atomic E-state index is 10.5. The van der Waals surface area contributed by atoms with Crippen LogP contribution in [0.1, 0.15) is 37.1 Å². The Kier molecular flexibility index (Phi) is 5.26. The molecule has 2 fully saturated rings. The fourth-order valence-corrected chi connectivity index (χ4v) is 5.34. The molecule has 2 N–H and O–H groups in total. The molecule has 0 amide bonds. The quantitative estimate of drug-likeness (QED) is 0.644. The molecule has 2 aliphatic heterocycles. The van der Waals surface area contributed by atoms with Gasteiger partial charge in [-0.2, -0.15) is 5.26 Å². The minimum Gasteiger partial charge on any atom is -0.507 e. The number of aromatic nitrogens is 4. The van der Waals surface area contributed by atoms with E-state index in [9.17, 15) is 5.11 Å². The van der Waals surface area contributed by atoms with Gasteiger partial charge in [-0.05, 0) is 43.4 Å². The van der Waals surface area contributed by atoms with E-state index in [4.69, 9.17) is 5.26 Å². The smallest absolute Gasteiger partial charge is 0.194 e. The normalized spacial score (nSPS) is 22.6. The third-order valence-corrected chi connectivity index (χ3v) is 7.22. The number of phenolic OH excluding ortho intramolecular Hbond substituents is 1.